The first-order valence-electron chi connectivity index (χ1n) is 10.7. The van der Waals surface area contributed by atoms with Crippen LogP contribution < -0.4 is 15.4 Å². The molecular weight excluding hydrogens is 449 g/mol. The summed E-state index contributed by atoms with van der Waals surface area (Å²) >= 11 is 0. The van der Waals surface area contributed by atoms with Crippen LogP contribution in [0, 0.1) is 11.7 Å². The van der Waals surface area contributed by atoms with Crippen molar-refractivity contribution in [3.63, 3.8) is 0 Å². The van der Waals surface area contributed by atoms with Gasteiger partial charge in [0.1, 0.15) is 11.6 Å². The van der Waals surface area contributed by atoms with Crippen LogP contribution in [0.5, 0.6) is 5.75 Å². The predicted molar refractivity (Wildman–Crippen MR) is 120 cm³/mol. The molecule has 2 amide bonds. The van der Waals surface area contributed by atoms with Crippen LogP contribution in [0.15, 0.2) is 53.4 Å². The van der Waals surface area contributed by atoms with E-state index in [0.717, 1.165) is 17.7 Å². The molecule has 178 valence electrons. The lowest BCUT2D eigenvalue weighted by atomic mass is 9.99. The van der Waals surface area contributed by atoms with Crippen molar-refractivity contribution in [2.45, 2.75) is 30.7 Å². The highest BCUT2D eigenvalue weighted by Gasteiger charge is 2.33. The molecule has 2 N–H and O–H groups in total. The standard InChI is InChI=1S/C23H28FN3O5S/c1-32-20-6-2-4-17(14-20)15-26-22(28)11-12-25-23(29)18-5-3-13-27(16-18)33(30,31)21-9-7-19(24)8-10-21/h2,4,6-10,14,18H,3,5,11-13,15-16H2,1H3,(H,25,29)(H,26,28)/t18-/m1/s1. The molecule has 2 aromatic rings. The maximum Gasteiger partial charge on any atom is 0.243 e. The highest BCUT2D eigenvalue weighted by Crippen LogP contribution is 2.24. The molecule has 8 nitrogen and oxygen atoms in total. The first-order valence-corrected chi connectivity index (χ1v) is 12.2. The zero-order valence-corrected chi connectivity index (χ0v) is 19.2. The highest BCUT2D eigenvalue weighted by molar-refractivity contribution is 7.89. The number of carbonyl (C=O) groups excluding carboxylic acids is 2. The number of halogens is 1. The first kappa shape index (κ1) is 24.7. The number of benzene rings is 2. The van der Waals surface area contributed by atoms with E-state index in [1.807, 2.05) is 24.3 Å². The van der Waals surface area contributed by atoms with Gasteiger partial charge in [0.15, 0.2) is 0 Å². The molecule has 1 heterocycles. The second kappa shape index (κ2) is 11.2. The molecule has 1 aliphatic rings. The average Bonchev–Trinajstić information content (AvgIpc) is 2.83. The molecule has 1 aliphatic heterocycles. The number of carbonyl (C=O) groups is 2. The van der Waals surface area contributed by atoms with E-state index in [9.17, 15) is 22.4 Å². The zero-order valence-electron chi connectivity index (χ0n) is 18.4. The number of rotatable bonds is 9. The molecule has 10 heteroatoms. The molecule has 0 bridgehead atoms. The molecule has 3 rings (SSSR count). The minimum absolute atomic E-state index is 0.00216. The van der Waals surface area contributed by atoms with Gasteiger partial charge in [0.05, 0.1) is 17.9 Å². The van der Waals surface area contributed by atoms with Crippen LogP contribution in [0.4, 0.5) is 4.39 Å². The van der Waals surface area contributed by atoms with E-state index in [0.29, 0.717) is 31.7 Å². The summed E-state index contributed by atoms with van der Waals surface area (Å²) in [4.78, 5) is 24.6. The Labute approximate surface area is 193 Å². The number of piperidine rings is 1. The number of nitrogens with zero attached hydrogens (tertiary/aromatic N) is 1. The van der Waals surface area contributed by atoms with E-state index in [1.54, 1.807) is 7.11 Å². The van der Waals surface area contributed by atoms with Crippen LogP contribution in [0.25, 0.3) is 0 Å². The smallest absolute Gasteiger partial charge is 0.243 e. The van der Waals surface area contributed by atoms with Crippen molar-refractivity contribution in [1.82, 2.24) is 14.9 Å². The molecule has 0 saturated carbocycles. The molecule has 0 unspecified atom stereocenters. The minimum atomic E-state index is -3.80. The topological polar surface area (TPSA) is 105 Å². The molecule has 1 fully saturated rings. The normalized spacial score (nSPS) is 16.7. The summed E-state index contributed by atoms with van der Waals surface area (Å²) in [5, 5.41) is 5.52. The van der Waals surface area contributed by atoms with Gasteiger partial charge < -0.3 is 15.4 Å². The Morgan fingerprint density at radius 1 is 1.15 bits per heavy atom. The third kappa shape index (κ3) is 6.75. The first-order chi connectivity index (χ1) is 15.8. The van der Waals surface area contributed by atoms with Crippen LogP contribution in [-0.2, 0) is 26.2 Å². The van der Waals surface area contributed by atoms with Gasteiger partial charge in [0, 0.05) is 32.6 Å². The molecule has 1 saturated heterocycles. The summed E-state index contributed by atoms with van der Waals surface area (Å²) in [6, 6.07) is 12.0. The molecule has 0 aliphatic carbocycles. The number of hydrogen-bond acceptors (Lipinski definition) is 5. The molecular formula is C23H28FN3O5S. The molecule has 0 spiro atoms. The summed E-state index contributed by atoms with van der Waals surface area (Å²) in [5.41, 5.74) is 0.899. The quantitative estimate of drug-likeness (QED) is 0.575. The summed E-state index contributed by atoms with van der Waals surface area (Å²) in [5.74, 6) is -0.806. The van der Waals surface area contributed by atoms with Crippen LogP contribution in [0.2, 0.25) is 0 Å². The fourth-order valence-corrected chi connectivity index (χ4v) is 5.17. The third-order valence-electron chi connectivity index (χ3n) is 5.48. The largest absolute Gasteiger partial charge is 0.497 e. The second-order valence-electron chi connectivity index (χ2n) is 7.83. The van der Waals surface area contributed by atoms with Crippen molar-refractivity contribution in [3.05, 3.63) is 59.9 Å². The van der Waals surface area contributed by atoms with Gasteiger partial charge in [0.25, 0.3) is 0 Å². The Kier molecular flexibility index (Phi) is 8.40. The molecule has 0 aromatic heterocycles. The van der Waals surface area contributed by atoms with Gasteiger partial charge in [-0.05, 0) is 54.8 Å². The van der Waals surface area contributed by atoms with Crippen LogP contribution >= 0.6 is 0 Å². The number of hydrogen-bond donors (Lipinski definition) is 2. The fraction of sp³-hybridized carbons (Fsp3) is 0.391. The number of methoxy groups -OCH3 is 1. The molecule has 1 atom stereocenters. The maximum absolute atomic E-state index is 13.1. The van der Waals surface area contributed by atoms with Gasteiger partial charge in [-0.15, -0.1) is 0 Å². The predicted octanol–water partition coefficient (Wildman–Crippen LogP) is 2.06. The van der Waals surface area contributed by atoms with Crippen LogP contribution in [0.1, 0.15) is 24.8 Å². The maximum atomic E-state index is 13.1. The van der Waals surface area contributed by atoms with Crippen LogP contribution in [0.3, 0.4) is 0 Å². The lowest BCUT2D eigenvalue weighted by Crippen LogP contribution is -2.45. The van der Waals surface area contributed by atoms with Gasteiger partial charge in [0.2, 0.25) is 21.8 Å². The van der Waals surface area contributed by atoms with Crippen molar-refractivity contribution in [2.24, 2.45) is 5.92 Å². The van der Waals surface area contributed by atoms with Crippen molar-refractivity contribution in [1.29, 1.82) is 0 Å². The average molecular weight is 478 g/mol. The van der Waals surface area contributed by atoms with E-state index < -0.39 is 21.8 Å². The van der Waals surface area contributed by atoms with Crippen molar-refractivity contribution < 1.29 is 27.1 Å². The number of ether oxygens (including phenoxy) is 1. The zero-order chi connectivity index (χ0) is 23.8. The van der Waals surface area contributed by atoms with Gasteiger partial charge in [-0.2, -0.15) is 4.31 Å². The van der Waals surface area contributed by atoms with Gasteiger partial charge in [-0.25, -0.2) is 12.8 Å². The van der Waals surface area contributed by atoms with E-state index in [2.05, 4.69) is 10.6 Å². The molecule has 33 heavy (non-hydrogen) atoms. The highest BCUT2D eigenvalue weighted by atomic mass is 32.2. The summed E-state index contributed by atoms with van der Waals surface area (Å²) in [6.07, 6.45) is 1.21. The van der Waals surface area contributed by atoms with Crippen molar-refractivity contribution in [3.8, 4) is 5.75 Å². The Morgan fingerprint density at radius 3 is 2.64 bits per heavy atom. The summed E-state index contributed by atoms with van der Waals surface area (Å²) in [7, 11) is -2.23. The Morgan fingerprint density at radius 2 is 1.91 bits per heavy atom. The van der Waals surface area contributed by atoms with Crippen LogP contribution in [-0.4, -0.2) is 51.3 Å². The van der Waals surface area contributed by atoms with E-state index in [4.69, 9.17) is 4.74 Å². The van der Waals surface area contributed by atoms with E-state index >= 15 is 0 Å². The Hall–Kier alpha value is -2.98. The van der Waals surface area contributed by atoms with Gasteiger partial charge in [-0.3, -0.25) is 9.59 Å². The fourth-order valence-electron chi connectivity index (χ4n) is 3.65. The number of nitrogens with one attached hydrogen (secondary N) is 2. The minimum Gasteiger partial charge on any atom is -0.497 e. The van der Waals surface area contributed by atoms with E-state index in [-0.39, 0.29) is 36.2 Å². The van der Waals surface area contributed by atoms with Crippen molar-refractivity contribution >= 4 is 21.8 Å². The number of amides is 2. The van der Waals surface area contributed by atoms with Gasteiger partial charge in [-0.1, -0.05) is 12.1 Å². The second-order valence-corrected chi connectivity index (χ2v) is 9.76. The molecule has 0 radical (unpaired) electrons. The summed E-state index contributed by atoms with van der Waals surface area (Å²) < 4.78 is 45.2. The number of sulfonamides is 1. The third-order valence-corrected chi connectivity index (χ3v) is 7.36. The monoisotopic (exact) mass is 477 g/mol. The Balaban J connectivity index is 1.45. The SMILES string of the molecule is COc1cccc(CNC(=O)CCNC(=O)[C@@H]2CCCN(S(=O)(=O)c3ccc(F)cc3)C2)c1. The Bertz CT molecular complexity index is 1080. The lowest BCUT2D eigenvalue weighted by Gasteiger charge is -2.31. The summed E-state index contributed by atoms with van der Waals surface area (Å²) in [6.45, 7) is 0.858. The molecule has 2 aromatic carbocycles. The van der Waals surface area contributed by atoms with Gasteiger partial charge >= 0.3 is 0 Å². The van der Waals surface area contributed by atoms with E-state index in [1.165, 1.54) is 16.4 Å². The van der Waals surface area contributed by atoms with Crippen molar-refractivity contribution in [2.75, 3.05) is 26.7 Å². The lowest BCUT2D eigenvalue weighted by molar-refractivity contribution is -0.126.